The number of pyridine rings is 1. The lowest BCUT2D eigenvalue weighted by Crippen LogP contribution is -2.15. The zero-order valence-electron chi connectivity index (χ0n) is 16.7. The monoisotopic (exact) mass is 428 g/mol. The first-order chi connectivity index (χ1) is 14.3. The topological polar surface area (TPSA) is 97.0 Å². The third-order valence-corrected chi connectivity index (χ3v) is 6.99. The number of rotatable bonds is 6. The Morgan fingerprint density at radius 3 is 2.70 bits per heavy atom. The number of anilines is 2. The number of fused-ring (bicyclic) bond motifs is 2. The second-order valence-corrected chi connectivity index (χ2v) is 9.56. The van der Waals surface area contributed by atoms with Crippen molar-refractivity contribution >= 4 is 43.1 Å². The highest BCUT2D eigenvalue weighted by molar-refractivity contribution is 7.92. The summed E-state index contributed by atoms with van der Waals surface area (Å²) in [6, 6.07) is 9.25. The number of halogens is 1. The van der Waals surface area contributed by atoms with E-state index in [9.17, 15) is 12.8 Å². The zero-order valence-corrected chi connectivity index (χ0v) is 17.5. The van der Waals surface area contributed by atoms with Crippen molar-refractivity contribution < 1.29 is 17.5 Å². The average Bonchev–Trinajstić information content (AvgIpc) is 3.09. The standard InChI is InChI=1S/C21H21FN4O3S/c1-4-29-19-11-18-14(10-20(19)30(27,28)12(2)3)16(7-8-23-18)24-21-15-9-13(22)5-6-17(15)25-26-21/h5-12H,4H2,1-3H3,(H2,23,24,25,26). The van der Waals surface area contributed by atoms with Crippen molar-refractivity contribution in [3.05, 3.63) is 48.4 Å². The third-order valence-electron chi connectivity index (χ3n) is 4.81. The van der Waals surface area contributed by atoms with Crippen LogP contribution in [0.5, 0.6) is 5.75 Å². The number of benzene rings is 2. The van der Waals surface area contributed by atoms with Gasteiger partial charge in [0.1, 0.15) is 16.5 Å². The summed E-state index contributed by atoms with van der Waals surface area (Å²) < 4.78 is 45.2. The molecule has 0 spiro atoms. The van der Waals surface area contributed by atoms with Crippen molar-refractivity contribution in [1.29, 1.82) is 0 Å². The Morgan fingerprint density at radius 1 is 1.17 bits per heavy atom. The predicted octanol–water partition coefficient (Wildman–Crippen LogP) is 4.57. The van der Waals surface area contributed by atoms with E-state index in [2.05, 4.69) is 20.5 Å². The van der Waals surface area contributed by atoms with Crippen LogP contribution in [-0.4, -0.2) is 35.5 Å². The van der Waals surface area contributed by atoms with Gasteiger partial charge >= 0.3 is 0 Å². The SMILES string of the molecule is CCOc1cc2nccc(Nc3n[nH]c4ccc(F)cc34)c2cc1S(=O)(=O)C(C)C. The zero-order chi connectivity index (χ0) is 21.5. The number of nitrogens with one attached hydrogen (secondary N) is 2. The summed E-state index contributed by atoms with van der Waals surface area (Å²) in [7, 11) is -3.59. The summed E-state index contributed by atoms with van der Waals surface area (Å²) in [5.74, 6) is 0.327. The van der Waals surface area contributed by atoms with Crippen molar-refractivity contribution in [2.45, 2.75) is 30.9 Å². The fourth-order valence-corrected chi connectivity index (χ4v) is 4.40. The van der Waals surface area contributed by atoms with Crippen LogP contribution in [0.15, 0.2) is 47.5 Å². The Labute approximate surface area is 173 Å². The lowest BCUT2D eigenvalue weighted by atomic mass is 10.1. The number of hydrogen-bond acceptors (Lipinski definition) is 6. The molecular formula is C21H21FN4O3S. The highest BCUT2D eigenvalue weighted by atomic mass is 32.2. The molecule has 0 unspecified atom stereocenters. The van der Waals surface area contributed by atoms with Crippen LogP contribution in [0.1, 0.15) is 20.8 Å². The van der Waals surface area contributed by atoms with Crippen LogP contribution in [0.3, 0.4) is 0 Å². The van der Waals surface area contributed by atoms with Gasteiger partial charge in [-0.25, -0.2) is 12.8 Å². The quantitative estimate of drug-likeness (QED) is 0.467. The third kappa shape index (κ3) is 3.45. The first-order valence-corrected chi connectivity index (χ1v) is 11.1. The van der Waals surface area contributed by atoms with Gasteiger partial charge in [0.2, 0.25) is 0 Å². The fraction of sp³-hybridized carbons (Fsp3) is 0.238. The van der Waals surface area contributed by atoms with Gasteiger partial charge in [0, 0.05) is 23.0 Å². The molecule has 0 bridgehead atoms. The molecule has 2 N–H and O–H groups in total. The Bertz CT molecular complexity index is 1350. The molecule has 2 aromatic heterocycles. The van der Waals surface area contributed by atoms with Crippen LogP contribution >= 0.6 is 0 Å². The summed E-state index contributed by atoms with van der Waals surface area (Å²) in [4.78, 5) is 4.47. The largest absolute Gasteiger partial charge is 0.492 e. The summed E-state index contributed by atoms with van der Waals surface area (Å²) >= 11 is 0. The van der Waals surface area contributed by atoms with Gasteiger partial charge < -0.3 is 10.1 Å². The predicted molar refractivity (Wildman–Crippen MR) is 115 cm³/mol. The van der Waals surface area contributed by atoms with Crippen molar-refractivity contribution in [3.8, 4) is 5.75 Å². The van der Waals surface area contributed by atoms with E-state index < -0.39 is 15.1 Å². The number of sulfone groups is 1. The van der Waals surface area contributed by atoms with Crippen LogP contribution in [0.2, 0.25) is 0 Å². The van der Waals surface area contributed by atoms with Crippen molar-refractivity contribution in [1.82, 2.24) is 15.2 Å². The number of aromatic nitrogens is 3. The highest BCUT2D eigenvalue weighted by Crippen LogP contribution is 2.35. The molecule has 2 heterocycles. The molecule has 0 amide bonds. The normalized spacial score (nSPS) is 12.0. The summed E-state index contributed by atoms with van der Waals surface area (Å²) in [5.41, 5.74) is 1.84. The first-order valence-electron chi connectivity index (χ1n) is 9.51. The molecule has 4 rings (SSSR count). The van der Waals surface area contributed by atoms with Gasteiger partial charge in [-0.1, -0.05) is 0 Å². The van der Waals surface area contributed by atoms with Gasteiger partial charge in [-0.2, -0.15) is 5.10 Å². The molecule has 7 nitrogen and oxygen atoms in total. The molecular weight excluding hydrogens is 407 g/mol. The smallest absolute Gasteiger partial charge is 0.184 e. The van der Waals surface area contributed by atoms with E-state index >= 15 is 0 Å². The lowest BCUT2D eigenvalue weighted by molar-refractivity contribution is 0.331. The van der Waals surface area contributed by atoms with E-state index in [0.717, 1.165) is 0 Å². The molecule has 0 saturated heterocycles. The summed E-state index contributed by atoms with van der Waals surface area (Å²) in [6.07, 6.45) is 1.60. The molecule has 30 heavy (non-hydrogen) atoms. The maximum atomic E-state index is 13.7. The molecule has 0 aliphatic heterocycles. The molecule has 0 aliphatic rings. The van der Waals surface area contributed by atoms with Crippen LogP contribution in [0.4, 0.5) is 15.9 Å². The summed E-state index contributed by atoms with van der Waals surface area (Å²) in [5, 5.41) is 10.8. The van der Waals surface area contributed by atoms with E-state index in [4.69, 9.17) is 4.74 Å². The minimum Gasteiger partial charge on any atom is -0.492 e. The molecule has 2 aromatic carbocycles. The van der Waals surface area contributed by atoms with Gasteiger partial charge in [-0.3, -0.25) is 10.1 Å². The van der Waals surface area contributed by atoms with E-state index in [-0.39, 0.29) is 16.5 Å². The second kappa shape index (κ2) is 7.56. The number of ether oxygens (including phenoxy) is 1. The number of H-pyrrole nitrogens is 1. The van der Waals surface area contributed by atoms with E-state index in [1.807, 2.05) is 0 Å². The minimum absolute atomic E-state index is 0.112. The molecule has 0 atom stereocenters. The molecule has 156 valence electrons. The molecule has 9 heteroatoms. The van der Waals surface area contributed by atoms with Gasteiger partial charge in [0.05, 0.1) is 28.6 Å². The Kier molecular flexibility index (Phi) is 5.07. The van der Waals surface area contributed by atoms with Gasteiger partial charge in [-0.15, -0.1) is 0 Å². The van der Waals surface area contributed by atoms with E-state index in [1.54, 1.807) is 51.2 Å². The van der Waals surface area contributed by atoms with Gasteiger partial charge in [0.25, 0.3) is 0 Å². The first kappa shape index (κ1) is 20.1. The molecule has 0 radical (unpaired) electrons. The average molecular weight is 428 g/mol. The van der Waals surface area contributed by atoms with E-state index in [1.165, 1.54) is 12.1 Å². The molecule has 4 aromatic rings. The Balaban J connectivity index is 1.89. The Morgan fingerprint density at radius 2 is 1.97 bits per heavy atom. The Hall–Kier alpha value is -3.20. The minimum atomic E-state index is -3.59. The molecule has 0 aliphatic carbocycles. The van der Waals surface area contributed by atoms with Crippen LogP contribution in [0.25, 0.3) is 21.8 Å². The van der Waals surface area contributed by atoms with E-state index in [0.29, 0.717) is 39.9 Å². The molecule has 0 saturated carbocycles. The van der Waals surface area contributed by atoms with Crippen LogP contribution in [0, 0.1) is 5.82 Å². The maximum absolute atomic E-state index is 13.7. The highest BCUT2D eigenvalue weighted by Gasteiger charge is 2.25. The van der Waals surface area contributed by atoms with Crippen molar-refractivity contribution in [3.63, 3.8) is 0 Å². The van der Waals surface area contributed by atoms with Crippen LogP contribution < -0.4 is 10.1 Å². The van der Waals surface area contributed by atoms with Gasteiger partial charge in [0.15, 0.2) is 15.7 Å². The molecule has 0 fully saturated rings. The van der Waals surface area contributed by atoms with Crippen molar-refractivity contribution in [2.24, 2.45) is 0 Å². The maximum Gasteiger partial charge on any atom is 0.184 e. The number of aromatic amines is 1. The lowest BCUT2D eigenvalue weighted by Gasteiger charge is -2.16. The summed E-state index contributed by atoms with van der Waals surface area (Å²) in [6.45, 7) is 5.38. The van der Waals surface area contributed by atoms with Crippen LogP contribution in [-0.2, 0) is 9.84 Å². The van der Waals surface area contributed by atoms with Crippen molar-refractivity contribution in [2.75, 3.05) is 11.9 Å². The number of nitrogens with zero attached hydrogens (tertiary/aromatic N) is 2. The second-order valence-electron chi connectivity index (χ2n) is 7.09. The van der Waals surface area contributed by atoms with Gasteiger partial charge in [-0.05, 0) is 51.1 Å². The number of hydrogen-bond donors (Lipinski definition) is 2. The fourth-order valence-electron chi connectivity index (χ4n) is 3.22.